The van der Waals surface area contributed by atoms with Crippen LogP contribution in [-0.2, 0) is 4.74 Å². The van der Waals surface area contributed by atoms with Crippen molar-refractivity contribution in [2.45, 2.75) is 0 Å². The summed E-state index contributed by atoms with van der Waals surface area (Å²) in [5.41, 5.74) is 0.708. The van der Waals surface area contributed by atoms with Crippen molar-refractivity contribution in [1.82, 2.24) is 9.97 Å². The van der Waals surface area contributed by atoms with Gasteiger partial charge in [-0.15, -0.1) is 0 Å². The van der Waals surface area contributed by atoms with Gasteiger partial charge in [0.2, 0.25) is 5.82 Å². The normalized spacial score (nSPS) is 10.3. The fourth-order valence-electron chi connectivity index (χ4n) is 1.19. The quantitative estimate of drug-likeness (QED) is 0.743. The Morgan fingerprint density at radius 1 is 1.47 bits per heavy atom. The Bertz CT molecular complexity index is 528. The van der Waals surface area contributed by atoms with Crippen LogP contribution in [0.1, 0.15) is 10.6 Å². The van der Waals surface area contributed by atoms with Crippen molar-refractivity contribution in [2.24, 2.45) is 0 Å². The molecule has 2 rings (SSSR count). The molecular weight excluding hydrogens is 260 g/mol. The summed E-state index contributed by atoms with van der Waals surface area (Å²) in [5, 5.41) is 0.880. The van der Waals surface area contributed by atoms with Gasteiger partial charge >= 0.3 is 5.97 Å². The van der Waals surface area contributed by atoms with Crippen LogP contribution in [0.2, 0.25) is 0 Å². The van der Waals surface area contributed by atoms with Crippen LogP contribution in [0.5, 0.6) is 0 Å². The van der Waals surface area contributed by atoms with Crippen LogP contribution in [0.15, 0.2) is 28.9 Å². The second-order valence-corrected chi connectivity index (χ2v) is 3.80. The maximum absolute atomic E-state index is 11.2. The molecule has 1 aromatic carbocycles. The van der Waals surface area contributed by atoms with Gasteiger partial charge in [0.1, 0.15) is 0 Å². The maximum atomic E-state index is 11.2. The summed E-state index contributed by atoms with van der Waals surface area (Å²) in [6.07, 6.45) is 1.60. The minimum Gasteiger partial charge on any atom is -0.463 e. The predicted octanol–water partition coefficient (Wildman–Crippen LogP) is 2.18. The van der Waals surface area contributed by atoms with Crippen molar-refractivity contribution in [2.75, 3.05) is 7.11 Å². The van der Waals surface area contributed by atoms with Gasteiger partial charge in [-0.1, -0.05) is 22.0 Å². The molecule has 1 heterocycles. The highest BCUT2D eigenvalue weighted by atomic mass is 79.9. The number of halogens is 1. The second kappa shape index (κ2) is 3.94. The van der Waals surface area contributed by atoms with Gasteiger partial charge in [0.15, 0.2) is 0 Å². The van der Waals surface area contributed by atoms with Crippen LogP contribution < -0.4 is 0 Å². The fourth-order valence-corrected chi connectivity index (χ4v) is 1.54. The number of esters is 1. The molecule has 0 aliphatic carbocycles. The molecule has 5 heteroatoms. The Kier molecular flexibility index (Phi) is 2.64. The molecule has 0 radical (unpaired) electrons. The van der Waals surface area contributed by atoms with E-state index in [0.29, 0.717) is 5.52 Å². The van der Waals surface area contributed by atoms with E-state index < -0.39 is 5.97 Å². The number of ether oxygens (including phenoxy) is 1. The van der Waals surface area contributed by atoms with Gasteiger partial charge in [-0.3, -0.25) is 0 Å². The molecule has 0 aliphatic rings. The fraction of sp³-hybridized carbons (Fsp3) is 0.100. The molecule has 0 atom stereocenters. The second-order valence-electron chi connectivity index (χ2n) is 2.89. The number of nitrogens with zero attached hydrogens (tertiary/aromatic N) is 2. The molecule has 0 saturated carbocycles. The summed E-state index contributed by atoms with van der Waals surface area (Å²) in [7, 11) is 1.30. The number of benzene rings is 1. The van der Waals surface area contributed by atoms with Crippen molar-refractivity contribution in [3.63, 3.8) is 0 Å². The minimum absolute atomic E-state index is 0.0723. The zero-order valence-electron chi connectivity index (χ0n) is 7.90. The number of carbonyl (C=O) groups is 1. The van der Waals surface area contributed by atoms with E-state index in [-0.39, 0.29) is 5.82 Å². The van der Waals surface area contributed by atoms with Crippen molar-refractivity contribution in [3.8, 4) is 0 Å². The summed E-state index contributed by atoms with van der Waals surface area (Å²) < 4.78 is 5.45. The summed E-state index contributed by atoms with van der Waals surface area (Å²) in [6.45, 7) is 0. The third-order valence-corrected chi connectivity index (χ3v) is 2.41. The number of fused-ring (bicyclic) bond motifs is 1. The molecule has 0 aliphatic heterocycles. The van der Waals surface area contributed by atoms with E-state index in [0.717, 1.165) is 9.86 Å². The molecule has 2 aromatic rings. The monoisotopic (exact) mass is 266 g/mol. The summed E-state index contributed by atoms with van der Waals surface area (Å²) in [5.74, 6) is -0.458. The first-order valence-electron chi connectivity index (χ1n) is 4.21. The average molecular weight is 267 g/mol. The first-order valence-corrected chi connectivity index (χ1v) is 5.00. The number of aromatic nitrogens is 2. The van der Waals surface area contributed by atoms with Crippen LogP contribution in [0, 0.1) is 0 Å². The summed E-state index contributed by atoms with van der Waals surface area (Å²) in [4.78, 5) is 19.2. The van der Waals surface area contributed by atoms with E-state index in [1.54, 1.807) is 6.20 Å². The van der Waals surface area contributed by atoms with Crippen LogP contribution >= 0.6 is 15.9 Å². The Balaban J connectivity index is 2.59. The van der Waals surface area contributed by atoms with E-state index in [1.165, 1.54) is 7.11 Å². The van der Waals surface area contributed by atoms with Gasteiger partial charge in [-0.2, -0.15) is 0 Å². The highest BCUT2D eigenvalue weighted by Gasteiger charge is 2.09. The lowest BCUT2D eigenvalue weighted by molar-refractivity contribution is 0.0587. The molecule has 0 fully saturated rings. The van der Waals surface area contributed by atoms with Gasteiger partial charge < -0.3 is 4.74 Å². The van der Waals surface area contributed by atoms with Crippen molar-refractivity contribution in [1.29, 1.82) is 0 Å². The average Bonchev–Trinajstić information content (AvgIpc) is 2.27. The zero-order valence-corrected chi connectivity index (χ0v) is 9.48. The summed E-state index contributed by atoms with van der Waals surface area (Å²) in [6, 6.07) is 5.59. The van der Waals surface area contributed by atoms with Gasteiger partial charge in [0.25, 0.3) is 0 Å². The SMILES string of the molecule is COC(=O)c1ncc2ccc(Br)cc2n1. The molecular formula is C10H7BrN2O2. The first kappa shape index (κ1) is 10.0. The van der Waals surface area contributed by atoms with Gasteiger partial charge in [0.05, 0.1) is 12.6 Å². The topological polar surface area (TPSA) is 52.1 Å². The molecule has 0 unspecified atom stereocenters. The molecule has 1 aromatic heterocycles. The van der Waals surface area contributed by atoms with Crippen LogP contribution in [-0.4, -0.2) is 23.0 Å². The smallest absolute Gasteiger partial charge is 0.376 e. The van der Waals surface area contributed by atoms with Gasteiger partial charge in [-0.25, -0.2) is 14.8 Å². The molecule has 0 saturated heterocycles. The van der Waals surface area contributed by atoms with E-state index in [2.05, 4.69) is 30.6 Å². The van der Waals surface area contributed by atoms with Gasteiger partial charge in [0, 0.05) is 16.1 Å². The molecule has 76 valence electrons. The van der Waals surface area contributed by atoms with Crippen molar-refractivity contribution in [3.05, 3.63) is 34.7 Å². The maximum Gasteiger partial charge on any atom is 0.376 e. The third kappa shape index (κ3) is 1.97. The Morgan fingerprint density at radius 2 is 2.27 bits per heavy atom. The zero-order chi connectivity index (χ0) is 10.8. The number of methoxy groups -OCH3 is 1. The largest absolute Gasteiger partial charge is 0.463 e. The lowest BCUT2D eigenvalue weighted by atomic mass is 10.2. The lowest BCUT2D eigenvalue weighted by Gasteiger charge is -2.00. The lowest BCUT2D eigenvalue weighted by Crippen LogP contribution is -2.06. The van der Waals surface area contributed by atoms with Crippen molar-refractivity contribution >= 4 is 32.8 Å². The molecule has 0 spiro atoms. The molecule has 0 bridgehead atoms. The van der Waals surface area contributed by atoms with E-state index in [1.807, 2.05) is 18.2 Å². The van der Waals surface area contributed by atoms with E-state index in [4.69, 9.17) is 0 Å². The Morgan fingerprint density at radius 3 is 3.00 bits per heavy atom. The Hall–Kier alpha value is -1.49. The highest BCUT2D eigenvalue weighted by molar-refractivity contribution is 9.10. The summed E-state index contributed by atoms with van der Waals surface area (Å²) >= 11 is 3.33. The number of hydrogen-bond acceptors (Lipinski definition) is 4. The highest BCUT2D eigenvalue weighted by Crippen LogP contribution is 2.17. The van der Waals surface area contributed by atoms with Crippen LogP contribution in [0.3, 0.4) is 0 Å². The van der Waals surface area contributed by atoms with Crippen LogP contribution in [0.4, 0.5) is 0 Å². The molecule has 0 amide bonds. The number of carbonyl (C=O) groups excluding carboxylic acids is 1. The Labute approximate surface area is 94.4 Å². The number of hydrogen-bond donors (Lipinski definition) is 0. The third-order valence-electron chi connectivity index (χ3n) is 1.91. The van der Waals surface area contributed by atoms with Crippen molar-refractivity contribution < 1.29 is 9.53 Å². The van der Waals surface area contributed by atoms with Crippen LogP contribution in [0.25, 0.3) is 10.9 Å². The van der Waals surface area contributed by atoms with E-state index in [9.17, 15) is 4.79 Å². The minimum atomic E-state index is -0.531. The van der Waals surface area contributed by atoms with Gasteiger partial charge in [-0.05, 0) is 12.1 Å². The number of rotatable bonds is 1. The molecule has 4 nitrogen and oxygen atoms in total. The standard InChI is InChI=1S/C10H7BrN2O2/c1-15-10(14)9-12-5-6-2-3-7(11)4-8(6)13-9/h2-5H,1H3. The molecule has 15 heavy (non-hydrogen) atoms. The predicted molar refractivity (Wildman–Crippen MR) is 58.6 cm³/mol. The van der Waals surface area contributed by atoms with E-state index >= 15 is 0 Å². The first-order chi connectivity index (χ1) is 7.20. The molecule has 0 N–H and O–H groups in total.